The van der Waals surface area contributed by atoms with Gasteiger partial charge in [-0.05, 0) is 29.7 Å². The first kappa shape index (κ1) is 19.0. The fourth-order valence-corrected chi connectivity index (χ4v) is 3.15. The van der Waals surface area contributed by atoms with Crippen LogP contribution >= 0.6 is 0 Å². The van der Waals surface area contributed by atoms with Gasteiger partial charge < -0.3 is 14.6 Å². The fourth-order valence-electron chi connectivity index (χ4n) is 3.15. The minimum absolute atomic E-state index is 0.0238. The van der Waals surface area contributed by atoms with Crippen molar-refractivity contribution in [3.8, 4) is 5.75 Å². The van der Waals surface area contributed by atoms with Crippen molar-refractivity contribution in [1.29, 1.82) is 0 Å². The number of imidazole rings is 1. The van der Waals surface area contributed by atoms with Gasteiger partial charge in [0.1, 0.15) is 18.2 Å². The summed E-state index contributed by atoms with van der Waals surface area (Å²) in [5, 5.41) is 2.92. The zero-order valence-electron chi connectivity index (χ0n) is 16.2. The van der Waals surface area contributed by atoms with E-state index in [2.05, 4.69) is 40.8 Å². The van der Waals surface area contributed by atoms with Crippen LogP contribution in [0.25, 0.3) is 11.0 Å². The molecule has 3 rings (SSSR count). The van der Waals surface area contributed by atoms with Crippen LogP contribution in [0.5, 0.6) is 5.75 Å². The second-order valence-electron chi connectivity index (χ2n) is 6.84. The maximum absolute atomic E-state index is 11.6. The number of benzene rings is 2. The first-order valence-electron chi connectivity index (χ1n) is 9.52. The topological polar surface area (TPSA) is 56.2 Å². The Labute approximate surface area is 160 Å². The molecule has 1 heterocycles. The summed E-state index contributed by atoms with van der Waals surface area (Å²) >= 11 is 0. The largest absolute Gasteiger partial charge is 0.491 e. The van der Waals surface area contributed by atoms with Gasteiger partial charge in [-0.15, -0.1) is 0 Å². The van der Waals surface area contributed by atoms with Crippen molar-refractivity contribution in [2.75, 3.05) is 6.61 Å². The van der Waals surface area contributed by atoms with Crippen molar-refractivity contribution in [3.63, 3.8) is 0 Å². The van der Waals surface area contributed by atoms with E-state index in [0.717, 1.165) is 22.6 Å². The number of rotatable bonds is 8. The molecule has 3 aromatic rings. The molecule has 1 amide bonds. The van der Waals surface area contributed by atoms with Crippen LogP contribution in [0.3, 0.4) is 0 Å². The van der Waals surface area contributed by atoms with Crippen LogP contribution in [0.2, 0.25) is 0 Å². The number of aromatic nitrogens is 2. The van der Waals surface area contributed by atoms with Crippen molar-refractivity contribution >= 4 is 16.9 Å². The molecule has 0 radical (unpaired) electrons. The molecule has 2 aromatic carbocycles. The third-order valence-electron chi connectivity index (χ3n) is 4.61. The number of carbonyl (C=O) groups is 1. The number of hydrogen-bond acceptors (Lipinski definition) is 3. The smallest absolute Gasteiger partial charge is 0.220 e. The first-order chi connectivity index (χ1) is 13.1. The molecule has 5 nitrogen and oxygen atoms in total. The zero-order valence-corrected chi connectivity index (χ0v) is 16.2. The molecule has 0 fully saturated rings. The van der Waals surface area contributed by atoms with Crippen LogP contribution in [0, 0.1) is 0 Å². The summed E-state index contributed by atoms with van der Waals surface area (Å²) in [7, 11) is 0. The first-order valence-corrected chi connectivity index (χ1v) is 9.52. The Hall–Kier alpha value is -2.82. The number of fused-ring (bicyclic) bond motifs is 1. The van der Waals surface area contributed by atoms with E-state index in [1.54, 1.807) is 0 Å². The average Bonchev–Trinajstić information content (AvgIpc) is 3.04. The van der Waals surface area contributed by atoms with E-state index >= 15 is 0 Å². The number of para-hydroxylation sites is 3. The van der Waals surface area contributed by atoms with Crippen molar-refractivity contribution in [2.45, 2.75) is 46.2 Å². The minimum atomic E-state index is 0.0238. The van der Waals surface area contributed by atoms with Gasteiger partial charge in [0, 0.05) is 6.42 Å². The molecule has 1 N–H and O–H groups in total. The molecule has 0 atom stereocenters. The van der Waals surface area contributed by atoms with Gasteiger partial charge in [-0.25, -0.2) is 4.98 Å². The van der Waals surface area contributed by atoms with Gasteiger partial charge in [0.15, 0.2) is 0 Å². The predicted molar refractivity (Wildman–Crippen MR) is 108 cm³/mol. The van der Waals surface area contributed by atoms with E-state index in [1.165, 1.54) is 5.56 Å². The second-order valence-corrected chi connectivity index (χ2v) is 6.84. The van der Waals surface area contributed by atoms with E-state index in [9.17, 15) is 4.79 Å². The normalized spacial score (nSPS) is 11.1. The van der Waals surface area contributed by atoms with E-state index in [0.29, 0.717) is 32.0 Å². The van der Waals surface area contributed by atoms with Gasteiger partial charge in [0.25, 0.3) is 0 Å². The third kappa shape index (κ3) is 4.48. The molecule has 0 saturated carbocycles. The summed E-state index contributed by atoms with van der Waals surface area (Å²) in [6.45, 7) is 7.81. The van der Waals surface area contributed by atoms with Gasteiger partial charge in [-0.1, -0.05) is 51.1 Å². The molecule has 0 aliphatic heterocycles. The van der Waals surface area contributed by atoms with Gasteiger partial charge in [0.2, 0.25) is 5.91 Å². The van der Waals surface area contributed by atoms with Crippen LogP contribution in [0.4, 0.5) is 0 Å². The lowest BCUT2D eigenvalue weighted by Gasteiger charge is -2.15. The number of nitrogens with one attached hydrogen (secondary N) is 1. The number of nitrogens with zero attached hydrogens (tertiary/aromatic N) is 2. The minimum Gasteiger partial charge on any atom is -0.491 e. The Bertz CT molecular complexity index is 915. The van der Waals surface area contributed by atoms with Crippen molar-refractivity contribution in [3.05, 3.63) is 59.9 Å². The SMILES string of the molecule is CCC(=O)NCc1nc2ccccc2n1CCOc1ccccc1C(C)C. The Morgan fingerprint density at radius 1 is 1.15 bits per heavy atom. The molecule has 0 saturated heterocycles. The zero-order chi connectivity index (χ0) is 19.2. The van der Waals surface area contributed by atoms with Gasteiger partial charge >= 0.3 is 0 Å². The highest BCUT2D eigenvalue weighted by Gasteiger charge is 2.12. The second kappa shape index (κ2) is 8.71. The van der Waals surface area contributed by atoms with Gasteiger partial charge in [-0.3, -0.25) is 4.79 Å². The molecule has 1 aromatic heterocycles. The van der Waals surface area contributed by atoms with Crippen LogP contribution in [0.1, 0.15) is 44.5 Å². The maximum atomic E-state index is 11.6. The third-order valence-corrected chi connectivity index (χ3v) is 4.61. The molecular weight excluding hydrogens is 338 g/mol. The highest BCUT2D eigenvalue weighted by molar-refractivity contribution is 5.77. The molecule has 0 unspecified atom stereocenters. The molecule has 5 heteroatoms. The van der Waals surface area contributed by atoms with Crippen LogP contribution in [-0.2, 0) is 17.9 Å². The van der Waals surface area contributed by atoms with Crippen LogP contribution in [-0.4, -0.2) is 22.1 Å². The summed E-state index contributed by atoms with van der Waals surface area (Å²) in [6, 6.07) is 16.2. The predicted octanol–water partition coefficient (Wildman–Crippen LogP) is 4.26. The van der Waals surface area contributed by atoms with Crippen molar-refractivity contribution in [2.24, 2.45) is 0 Å². The Balaban J connectivity index is 1.76. The number of carbonyl (C=O) groups excluding carboxylic acids is 1. The molecule has 0 spiro atoms. The monoisotopic (exact) mass is 365 g/mol. The highest BCUT2D eigenvalue weighted by Crippen LogP contribution is 2.26. The molecular formula is C22H27N3O2. The quantitative estimate of drug-likeness (QED) is 0.649. The summed E-state index contributed by atoms with van der Waals surface area (Å²) in [5.41, 5.74) is 3.20. The summed E-state index contributed by atoms with van der Waals surface area (Å²) in [5.74, 6) is 2.21. The summed E-state index contributed by atoms with van der Waals surface area (Å²) < 4.78 is 8.21. The van der Waals surface area contributed by atoms with Crippen LogP contribution in [0.15, 0.2) is 48.5 Å². The Morgan fingerprint density at radius 3 is 2.67 bits per heavy atom. The molecule has 27 heavy (non-hydrogen) atoms. The standard InChI is InChI=1S/C22H27N3O2/c1-4-22(26)23-15-21-24-18-10-6-7-11-19(18)25(21)13-14-27-20-12-8-5-9-17(20)16(2)3/h5-12,16H,4,13-15H2,1-3H3,(H,23,26). The Morgan fingerprint density at radius 2 is 1.89 bits per heavy atom. The summed E-state index contributed by atoms with van der Waals surface area (Å²) in [6.07, 6.45) is 0.468. The van der Waals surface area contributed by atoms with E-state index in [-0.39, 0.29) is 5.91 Å². The fraction of sp³-hybridized carbons (Fsp3) is 0.364. The number of amides is 1. The van der Waals surface area contributed by atoms with Gasteiger partial charge in [-0.2, -0.15) is 0 Å². The highest BCUT2D eigenvalue weighted by atomic mass is 16.5. The maximum Gasteiger partial charge on any atom is 0.220 e. The van der Waals surface area contributed by atoms with E-state index in [1.807, 2.05) is 43.3 Å². The Kier molecular flexibility index (Phi) is 6.12. The molecule has 0 aliphatic carbocycles. The number of ether oxygens (including phenoxy) is 1. The lowest BCUT2D eigenvalue weighted by molar-refractivity contribution is -0.120. The summed E-state index contributed by atoms with van der Waals surface area (Å²) in [4.78, 5) is 16.3. The molecule has 0 aliphatic rings. The lowest BCUT2D eigenvalue weighted by atomic mass is 10.0. The molecule has 142 valence electrons. The van der Waals surface area contributed by atoms with Crippen molar-refractivity contribution < 1.29 is 9.53 Å². The van der Waals surface area contributed by atoms with Gasteiger partial charge in [0.05, 0.1) is 24.1 Å². The number of hydrogen-bond donors (Lipinski definition) is 1. The van der Waals surface area contributed by atoms with E-state index in [4.69, 9.17) is 4.74 Å². The average molecular weight is 365 g/mol. The van der Waals surface area contributed by atoms with Crippen LogP contribution < -0.4 is 10.1 Å². The lowest BCUT2D eigenvalue weighted by Crippen LogP contribution is -2.24. The van der Waals surface area contributed by atoms with E-state index < -0.39 is 0 Å². The molecule has 0 bridgehead atoms. The van der Waals surface area contributed by atoms with Crippen molar-refractivity contribution in [1.82, 2.24) is 14.9 Å².